The SMILES string of the molecule is COc1ccc2c(c1)c1ccccc1c1cc3c(cc21)[nH]c1ccccc13. The van der Waals surface area contributed by atoms with E-state index < -0.39 is 0 Å². The number of hydrogen-bond donors (Lipinski definition) is 1. The van der Waals surface area contributed by atoms with Crippen LogP contribution in [0.15, 0.2) is 78.9 Å². The molecular formula is C25H17NO. The van der Waals surface area contributed by atoms with Gasteiger partial charge in [0.05, 0.1) is 7.11 Å². The van der Waals surface area contributed by atoms with E-state index in [9.17, 15) is 0 Å². The second kappa shape index (κ2) is 5.24. The van der Waals surface area contributed by atoms with Gasteiger partial charge in [0.1, 0.15) is 5.75 Å². The molecule has 0 spiro atoms. The lowest BCUT2D eigenvalue weighted by Crippen LogP contribution is -1.86. The van der Waals surface area contributed by atoms with E-state index in [1.165, 1.54) is 54.1 Å². The minimum Gasteiger partial charge on any atom is -0.497 e. The highest BCUT2D eigenvalue weighted by molar-refractivity contribution is 6.28. The van der Waals surface area contributed by atoms with Crippen LogP contribution in [-0.4, -0.2) is 12.1 Å². The molecular weight excluding hydrogens is 330 g/mol. The first-order valence-corrected chi connectivity index (χ1v) is 9.16. The number of hydrogen-bond acceptors (Lipinski definition) is 1. The van der Waals surface area contributed by atoms with E-state index in [1.54, 1.807) is 7.11 Å². The highest BCUT2D eigenvalue weighted by Crippen LogP contribution is 2.39. The van der Waals surface area contributed by atoms with Gasteiger partial charge in [-0.05, 0) is 62.6 Å². The van der Waals surface area contributed by atoms with Crippen LogP contribution in [0.5, 0.6) is 5.75 Å². The molecule has 0 atom stereocenters. The molecule has 0 fully saturated rings. The number of benzene rings is 5. The first-order chi connectivity index (χ1) is 13.3. The molecule has 128 valence electrons. The van der Waals surface area contributed by atoms with Gasteiger partial charge in [0, 0.05) is 21.8 Å². The number of aromatic nitrogens is 1. The van der Waals surface area contributed by atoms with Gasteiger partial charge in [-0.3, -0.25) is 0 Å². The van der Waals surface area contributed by atoms with Crippen molar-refractivity contribution in [3.63, 3.8) is 0 Å². The molecule has 0 aliphatic rings. The summed E-state index contributed by atoms with van der Waals surface area (Å²) >= 11 is 0. The minimum absolute atomic E-state index is 0.888. The zero-order valence-corrected chi connectivity index (χ0v) is 14.9. The maximum atomic E-state index is 5.49. The zero-order valence-electron chi connectivity index (χ0n) is 14.9. The average molecular weight is 347 g/mol. The van der Waals surface area contributed by atoms with Crippen LogP contribution in [0.4, 0.5) is 0 Å². The molecule has 6 rings (SSSR count). The summed E-state index contributed by atoms with van der Waals surface area (Å²) in [6.07, 6.45) is 0. The number of ether oxygens (including phenoxy) is 1. The number of methoxy groups -OCH3 is 1. The molecule has 5 aromatic carbocycles. The molecule has 1 aromatic heterocycles. The van der Waals surface area contributed by atoms with Gasteiger partial charge < -0.3 is 9.72 Å². The summed E-state index contributed by atoms with van der Waals surface area (Å²) in [6, 6.07) is 28.2. The molecule has 2 nitrogen and oxygen atoms in total. The third kappa shape index (κ3) is 1.95. The third-order valence-corrected chi connectivity index (χ3v) is 5.67. The van der Waals surface area contributed by atoms with E-state index >= 15 is 0 Å². The monoisotopic (exact) mass is 347 g/mol. The Labute approximate surface area is 156 Å². The van der Waals surface area contributed by atoms with Crippen molar-refractivity contribution in [2.24, 2.45) is 0 Å². The van der Waals surface area contributed by atoms with Crippen LogP contribution in [0.1, 0.15) is 0 Å². The molecule has 0 aliphatic heterocycles. The van der Waals surface area contributed by atoms with Crippen molar-refractivity contribution in [3.05, 3.63) is 78.9 Å². The van der Waals surface area contributed by atoms with Gasteiger partial charge in [-0.2, -0.15) is 0 Å². The van der Waals surface area contributed by atoms with Crippen LogP contribution in [0.25, 0.3) is 54.1 Å². The molecule has 2 heteroatoms. The van der Waals surface area contributed by atoms with E-state index in [4.69, 9.17) is 4.74 Å². The van der Waals surface area contributed by atoms with Crippen molar-refractivity contribution >= 4 is 54.1 Å². The Morgan fingerprint density at radius 2 is 1.15 bits per heavy atom. The fraction of sp³-hybridized carbons (Fsp3) is 0.0400. The van der Waals surface area contributed by atoms with Crippen LogP contribution < -0.4 is 4.74 Å². The highest BCUT2D eigenvalue weighted by atomic mass is 16.5. The summed E-state index contributed by atoms with van der Waals surface area (Å²) < 4.78 is 5.49. The summed E-state index contributed by atoms with van der Waals surface area (Å²) in [6.45, 7) is 0. The summed E-state index contributed by atoms with van der Waals surface area (Å²) in [5.74, 6) is 0.888. The number of rotatable bonds is 1. The Kier molecular flexibility index (Phi) is 2.84. The number of H-pyrrole nitrogens is 1. The van der Waals surface area contributed by atoms with Gasteiger partial charge in [0.15, 0.2) is 0 Å². The van der Waals surface area contributed by atoms with Crippen molar-refractivity contribution in [2.45, 2.75) is 0 Å². The van der Waals surface area contributed by atoms with E-state index in [2.05, 4.69) is 77.8 Å². The Balaban J connectivity index is 1.90. The smallest absolute Gasteiger partial charge is 0.119 e. The lowest BCUT2D eigenvalue weighted by Gasteiger charge is -2.12. The van der Waals surface area contributed by atoms with Gasteiger partial charge in [0.25, 0.3) is 0 Å². The molecule has 1 N–H and O–H groups in total. The molecule has 27 heavy (non-hydrogen) atoms. The van der Waals surface area contributed by atoms with Crippen LogP contribution in [0.2, 0.25) is 0 Å². The van der Waals surface area contributed by atoms with Crippen LogP contribution >= 0.6 is 0 Å². The third-order valence-electron chi connectivity index (χ3n) is 5.67. The van der Waals surface area contributed by atoms with Crippen LogP contribution in [-0.2, 0) is 0 Å². The Morgan fingerprint density at radius 1 is 0.519 bits per heavy atom. The molecule has 0 saturated heterocycles. The maximum Gasteiger partial charge on any atom is 0.119 e. The van der Waals surface area contributed by atoms with E-state index in [1.807, 2.05) is 6.07 Å². The highest BCUT2D eigenvalue weighted by Gasteiger charge is 2.12. The topological polar surface area (TPSA) is 25.0 Å². The summed E-state index contributed by atoms with van der Waals surface area (Å²) in [5, 5.41) is 10.1. The molecule has 0 saturated carbocycles. The fourth-order valence-electron chi connectivity index (χ4n) is 4.40. The first-order valence-electron chi connectivity index (χ1n) is 9.16. The fourth-order valence-corrected chi connectivity index (χ4v) is 4.40. The van der Waals surface area contributed by atoms with Gasteiger partial charge in [-0.15, -0.1) is 0 Å². The van der Waals surface area contributed by atoms with E-state index in [-0.39, 0.29) is 0 Å². The lowest BCUT2D eigenvalue weighted by atomic mass is 9.93. The molecule has 0 radical (unpaired) electrons. The molecule has 0 unspecified atom stereocenters. The largest absolute Gasteiger partial charge is 0.497 e. The molecule has 0 aliphatic carbocycles. The van der Waals surface area contributed by atoms with Crippen LogP contribution in [0.3, 0.4) is 0 Å². The second-order valence-corrected chi connectivity index (χ2v) is 7.07. The number of aromatic amines is 1. The Morgan fingerprint density at radius 3 is 1.93 bits per heavy atom. The Hall–Kier alpha value is -3.52. The molecule has 1 heterocycles. The quantitative estimate of drug-likeness (QED) is 0.325. The van der Waals surface area contributed by atoms with Crippen molar-refractivity contribution in [2.75, 3.05) is 7.11 Å². The maximum absolute atomic E-state index is 5.49. The van der Waals surface area contributed by atoms with E-state index in [0.29, 0.717) is 0 Å². The second-order valence-electron chi connectivity index (χ2n) is 7.07. The van der Waals surface area contributed by atoms with Gasteiger partial charge in [-0.25, -0.2) is 0 Å². The Bertz CT molecular complexity index is 1510. The average Bonchev–Trinajstić information content (AvgIpc) is 3.10. The van der Waals surface area contributed by atoms with Gasteiger partial charge in [-0.1, -0.05) is 48.5 Å². The van der Waals surface area contributed by atoms with Crippen molar-refractivity contribution in [3.8, 4) is 5.75 Å². The predicted octanol–water partition coefficient (Wildman–Crippen LogP) is 6.79. The number of fused-ring (bicyclic) bond motifs is 9. The van der Waals surface area contributed by atoms with Gasteiger partial charge in [0.2, 0.25) is 0 Å². The number of para-hydroxylation sites is 1. The molecule has 6 aromatic rings. The lowest BCUT2D eigenvalue weighted by molar-refractivity contribution is 0.415. The normalized spacial score (nSPS) is 11.9. The van der Waals surface area contributed by atoms with E-state index in [0.717, 1.165) is 5.75 Å². The van der Waals surface area contributed by atoms with Crippen LogP contribution in [0, 0.1) is 0 Å². The van der Waals surface area contributed by atoms with Crippen molar-refractivity contribution < 1.29 is 4.74 Å². The first kappa shape index (κ1) is 14.6. The van der Waals surface area contributed by atoms with Crippen molar-refractivity contribution in [1.29, 1.82) is 0 Å². The summed E-state index contributed by atoms with van der Waals surface area (Å²) in [7, 11) is 1.72. The van der Waals surface area contributed by atoms with Gasteiger partial charge >= 0.3 is 0 Å². The van der Waals surface area contributed by atoms with Crippen molar-refractivity contribution in [1.82, 2.24) is 4.98 Å². The minimum atomic E-state index is 0.888. The predicted molar refractivity (Wildman–Crippen MR) is 115 cm³/mol. The zero-order chi connectivity index (χ0) is 18.0. The molecule has 0 bridgehead atoms. The standard InChI is InChI=1S/C25H17NO/c1-27-15-10-11-18-20(12-15)16-6-2-3-7-17(16)21-13-23-19-8-4-5-9-24(19)26-25(23)14-22(18)21/h2-14,26H,1H3. The summed E-state index contributed by atoms with van der Waals surface area (Å²) in [5.41, 5.74) is 2.36. The molecule has 0 amide bonds. The summed E-state index contributed by atoms with van der Waals surface area (Å²) in [4.78, 5) is 3.58. The number of nitrogens with one attached hydrogen (secondary N) is 1.